The zero-order valence-electron chi connectivity index (χ0n) is 10.7. The molecule has 1 aromatic carbocycles. The molecular weight excluding hydrogens is 244 g/mol. The number of phenolic OH excluding ortho intramolecular Hbond substituents is 2. The third-order valence-electron chi connectivity index (χ3n) is 4.09. The number of phenols is 2. The largest absolute Gasteiger partial charge is 0.508 e. The lowest BCUT2D eigenvalue weighted by atomic mass is 10.1. The normalized spacial score (nSPS) is 23.4. The molecule has 2 aliphatic heterocycles. The van der Waals surface area contributed by atoms with E-state index < -0.39 is 0 Å². The molecule has 0 radical (unpaired) electrons. The second-order valence-corrected chi connectivity index (χ2v) is 5.28. The molecule has 3 rings (SSSR count). The second kappa shape index (κ2) is 4.74. The fourth-order valence-corrected chi connectivity index (χ4v) is 3.05. The van der Waals surface area contributed by atoms with Crippen LogP contribution >= 0.6 is 0 Å². The highest BCUT2D eigenvalue weighted by atomic mass is 16.3. The van der Waals surface area contributed by atoms with Crippen LogP contribution in [0.4, 0.5) is 0 Å². The van der Waals surface area contributed by atoms with Crippen molar-refractivity contribution in [3.8, 4) is 11.5 Å². The van der Waals surface area contributed by atoms with E-state index in [2.05, 4.69) is 4.90 Å². The molecule has 19 heavy (non-hydrogen) atoms. The molecule has 2 saturated heterocycles. The van der Waals surface area contributed by atoms with Gasteiger partial charge in [-0.15, -0.1) is 0 Å². The number of hydrogen-bond donors (Lipinski definition) is 2. The molecule has 2 N–H and O–H groups in total. The second-order valence-electron chi connectivity index (χ2n) is 5.28. The first kappa shape index (κ1) is 12.3. The van der Waals surface area contributed by atoms with Crippen LogP contribution in [0.5, 0.6) is 11.5 Å². The first-order chi connectivity index (χ1) is 9.15. The molecule has 0 bridgehead atoms. The first-order valence-corrected chi connectivity index (χ1v) is 6.70. The van der Waals surface area contributed by atoms with Crippen molar-refractivity contribution in [2.75, 3.05) is 26.2 Å². The number of hydrogen-bond acceptors (Lipinski definition) is 4. The number of rotatable bonds is 1. The summed E-state index contributed by atoms with van der Waals surface area (Å²) >= 11 is 0. The van der Waals surface area contributed by atoms with Crippen molar-refractivity contribution in [2.24, 2.45) is 0 Å². The van der Waals surface area contributed by atoms with Crippen LogP contribution in [-0.2, 0) is 0 Å². The van der Waals surface area contributed by atoms with Gasteiger partial charge in [-0.05, 0) is 31.5 Å². The summed E-state index contributed by atoms with van der Waals surface area (Å²) in [6.07, 6.45) is 2.35. The molecule has 2 aliphatic rings. The minimum Gasteiger partial charge on any atom is -0.508 e. The van der Waals surface area contributed by atoms with Gasteiger partial charge in [-0.25, -0.2) is 0 Å². The summed E-state index contributed by atoms with van der Waals surface area (Å²) in [5, 5.41) is 19.0. The summed E-state index contributed by atoms with van der Waals surface area (Å²) in [5.74, 6) is -0.336. The summed E-state index contributed by atoms with van der Waals surface area (Å²) in [7, 11) is 0. The monoisotopic (exact) mass is 262 g/mol. The van der Waals surface area contributed by atoms with Crippen molar-refractivity contribution in [1.82, 2.24) is 9.80 Å². The quantitative estimate of drug-likeness (QED) is 0.793. The van der Waals surface area contributed by atoms with E-state index in [0.29, 0.717) is 12.6 Å². The lowest BCUT2D eigenvalue weighted by molar-refractivity contribution is 0.0568. The van der Waals surface area contributed by atoms with Gasteiger partial charge in [0.25, 0.3) is 5.91 Å². The Labute approximate surface area is 112 Å². The van der Waals surface area contributed by atoms with Gasteiger partial charge < -0.3 is 15.1 Å². The highest BCUT2D eigenvalue weighted by Crippen LogP contribution is 2.26. The predicted molar refractivity (Wildman–Crippen MR) is 70.3 cm³/mol. The molecule has 0 aliphatic carbocycles. The van der Waals surface area contributed by atoms with Gasteiger partial charge in [0.2, 0.25) is 0 Å². The Morgan fingerprint density at radius 1 is 1.21 bits per heavy atom. The Balaban J connectivity index is 1.76. The van der Waals surface area contributed by atoms with Gasteiger partial charge in [0.15, 0.2) is 0 Å². The highest BCUT2D eigenvalue weighted by molar-refractivity contribution is 5.97. The minimum absolute atomic E-state index is 0.0327. The molecule has 0 spiro atoms. The molecule has 1 aromatic rings. The van der Waals surface area contributed by atoms with Gasteiger partial charge in [-0.3, -0.25) is 9.69 Å². The molecule has 5 nitrogen and oxygen atoms in total. The van der Waals surface area contributed by atoms with E-state index in [0.717, 1.165) is 26.1 Å². The maximum atomic E-state index is 12.4. The number of nitrogens with zero attached hydrogens (tertiary/aromatic N) is 2. The van der Waals surface area contributed by atoms with Gasteiger partial charge in [0, 0.05) is 31.7 Å². The summed E-state index contributed by atoms with van der Waals surface area (Å²) in [6.45, 7) is 3.49. The Hall–Kier alpha value is -1.75. The van der Waals surface area contributed by atoms with Crippen molar-refractivity contribution >= 4 is 5.91 Å². The van der Waals surface area contributed by atoms with Gasteiger partial charge in [0.05, 0.1) is 5.56 Å². The summed E-state index contributed by atoms with van der Waals surface area (Å²) < 4.78 is 0. The van der Waals surface area contributed by atoms with Crippen LogP contribution in [0.1, 0.15) is 23.2 Å². The Bertz CT molecular complexity index is 503. The zero-order valence-corrected chi connectivity index (χ0v) is 10.7. The van der Waals surface area contributed by atoms with Crippen LogP contribution in [0.15, 0.2) is 18.2 Å². The molecule has 102 valence electrons. The van der Waals surface area contributed by atoms with E-state index in [4.69, 9.17) is 0 Å². The fourth-order valence-electron chi connectivity index (χ4n) is 3.05. The molecule has 1 amide bonds. The van der Waals surface area contributed by atoms with E-state index in [-0.39, 0.29) is 23.0 Å². The number of fused-ring (bicyclic) bond motifs is 1. The summed E-state index contributed by atoms with van der Waals surface area (Å²) in [6, 6.07) is 4.59. The lowest BCUT2D eigenvalue weighted by Crippen LogP contribution is -2.52. The van der Waals surface area contributed by atoms with E-state index in [9.17, 15) is 15.0 Å². The fraction of sp³-hybridized carbons (Fsp3) is 0.500. The topological polar surface area (TPSA) is 64.0 Å². The lowest BCUT2D eigenvalue weighted by Gasteiger charge is -2.37. The molecule has 5 heteroatoms. The average molecular weight is 262 g/mol. The van der Waals surface area contributed by atoms with Crippen LogP contribution in [0.25, 0.3) is 0 Å². The third-order valence-corrected chi connectivity index (χ3v) is 4.09. The molecule has 1 atom stereocenters. The number of carbonyl (C=O) groups is 1. The maximum Gasteiger partial charge on any atom is 0.257 e. The van der Waals surface area contributed by atoms with Crippen LogP contribution in [0.2, 0.25) is 0 Å². The molecule has 2 fully saturated rings. The van der Waals surface area contributed by atoms with Crippen molar-refractivity contribution in [1.29, 1.82) is 0 Å². The van der Waals surface area contributed by atoms with E-state index in [1.165, 1.54) is 24.6 Å². The molecule has 0 aromatic heterocycles. The summed E-state index contributed by atoms with van der Waals surface area (Å²) in [5.41, 5.74) is 0.268. The van der Waals surface area contributed by atoms with Crippen molar-refractivity contribution in [2.45, 2.75) is 18.9 Å². The van der Waals surface area contributed by atoms with E-state index in [1.807, 2.05) is 0 Å². The smallest absolute Gasteiger partial charge is 0.257 e. The van der Waals surface area contributed by atoms with Gasteiger partial charge in [-0.2, -0.15) is 0 Å². The third kappa shape index (κ3) is 2.26. The number of aromatic hydroxyl groups is 2. The molecular formula is C14H18N2O3. The molecule has 1 unspecified atom stereocenters. The SMILES string of the molecule is O=C(c1ccc(O)cc1O)N1CCN2CCCC2C1. The maximum absolute atomic E-state index is 12.4. The van der Waals surface area contributed by atoms with Crippen LogP contribution in [0.3, 0.4) is 0 Å². The first-order valence-electron chi connectivity index (χ1n) is 6.70. The molecule has 2 heterocycles. The predicted octanol–water partition coefficient (Wildman–Crippen LogP) is 1.02. The van der Waals surface area contributed by atoms with E-state index in [1.54, 1.807) is 4.90 Å². The number of benzene rings is 1. The average Bonchev–Trinajstić information content (AvgIpc) is 2.85. The number of carbonyl (C=O) groups excluding carboxylic acids is 1. The van der Waals surface area contributed by atoms with Crippen molar-refractivity contribution < 1.29 is 15.0 Å². The highest BCUT2D eigenvalue weighted by Gasteiger charge is 2.33. The minimum atomic E-state index is -0.154. The zero-order chi connectivity index (χ0) is 13.4. The Morgan fingerprint density at radius 2 is 2.05 bits per heavy atom. The van der Waals surface area contributed by atoms with Gasteiger partial charge in [0.1, 0.15) is 11.5 Å². The van der Waals surface area contributed by atoms with Crippen LogP contribution < -0.4 is 0 Å². The van der Waals surface area contributed by atoms with Crippen LogP contribution in [0, 0.1) is 0 Å². The Morgan fingerprint density at radius 3 is 2.84 bits per heavy atom. The summed E-state index contributed by atoms with van der Waals surface area (Å²) in [4.78, 5) is 16.6. The van der Waals surface area contributed by atoms with Crippen molar-refractivity contribution in [3.63, 3.8) is 0 Å². The standard InChI is InChI=1S/C14H18N2O3/c17-11-3-4-12(13(18)8-11)14(19)16-7-6-15-5-1-2-10(15)9-16/h3-4,8,10,17-18H,1-2,5-7,9H2. The van der Waals surface area contributed by atoms with Gasteiger partial charge in [-0.1, -0.05) is 0 Å². The van der Waals surface area contributed by atoms with E-state index >= 15 is 0 Å². The van der Waals surface area contributed by atoms with Gasteiger partial charge >= 0.3 is 0 Å². The number of amides is 1. The van der Waals surface area contributed by atoms with Crippen LogP contribution in [-0.4, -0.2) is 58.1 Å². The Kier molecular flexibility index (Phi) is 3.06. The molecule has 0 saturated carbocycles. The van der Waals surface area contributed by atoms with Crippen molar-refractivity contribution in [3.05, 3.63) is 23.8 Å². The number of piperazine rings is 1.